The van der Waals surface area contributed by atoms with Crippen LogP contribution in [0.4, 0.5) is 0 Å². The van der Waals surface area contributed by atoms with E-state index in [1.807, 2.05) is 0 Å². The molecule has 1 heterocycles. The summed E-state index contributed by atoms with van der Waals surface area (Å²) < 4.78 is 0.704. The highest BCUT2D eigenvalue weighted by Crippen LogP contribution is 2.18. The van der Waals surface area contributed by atoms with E-state index < -0.39 is 12.0 Å². The number of nitrogens with one attached hydrogen (secondary N) is 1. The molecule has 0 spiro atoms. The van der Waals surface area contributed by atoms with Crippen LogP contribution in [0, 0.1) is 5.21 Å². The number of carbonyl (C=O) groups excluding carboxylic acids is 1. The van der Waals surface area contributed by atoms with Crippen molar-refractivity contribution in [3.05, 3.63) is 59.6 Å². The summed E-state index contributed by atoms with van der Waals surface area (Å²) in [5.74, 6) is -1.27. The number of hydrogen-bond donors (Lipinski definition) is 2. The molecule has 0 aliphatic carbocycles. The normalized spacial score (nSPS) is 11.7. The third kappa shape index (κ3) is 4.05. The number of carboxylic acids is 1. The van der Waals surface area contributed by atoms with Crippen LogP contribution in [0.15, 0.2) is 48.8 Å². The molecule has 1 unspecified atom stereocenters. The van der Waals surface area contributed by atoms with E-state index in [0.29, 0.717) is 10.3 Å². The summed E-state index contributed by atoms with van der Waals surface area (Å²) in [6.07, 6.45) is 2.69. The zero-order valence-electron chi connectivity index (χ0n) is 12.0. The Bertz CT molecular complexity index is 666. The maximum atomic E-state index is 12.0. The van der Waals surface area contributed by atoms with E-state index in [-0.39, 0.29) is 12.3 Å². The molecule has 6 nitrogen and oxygen atoms in total. The quantitative estimate of drug-likeness (QED) is 0.647. The Morgan fingerprint density at radius 2 is 1.68 bits per heavy atom. The summed E-state index contributed by atoms with van der Waals surface area (Å²) >= 11 is 0. The van der Waals surface area contributed by atoms with Crippen LogP contribution in [0.5, 0.6) is 0 Å². The predicted molar refractivity (Wildman–Crippen MR) is 80.0 cm³/mol. The lowest BCUT2D eigenvalue weighted by Crippen LogP contribution is -2.34. The lowest BCUT2D eigenvalue weighted by Gasteiger charge is -2.11. The molecule has 0 aliphatic heterocycles. The standard InChI is InChI=1S/C16H16N2O4/c1-11(10-15(19)20)17-16(21)14-4-2-12(3-5-14)13-6-8-18(22)9-7-13/h2-9,11H,10H2,1H3,(H,17,21)(H,19,20). The van der Waals surface area contributed by atoms with Gasteiger partial charge in [-0.1, -0.05) is 12.1 Å². The Labute approximate surface area is 127 Å². The average molecular weight is 300 g/mol. The second kappa shape index (κ2) is 6.71. The van der Waals surface area contributed by atoms with E-state index in [2.05, 4.69) is 5.32 Å². The van der Waals surface area contributed by atoms with Crippen LogP contribution in [0.3, 0.4) is 0 Å². The summed E-state index contributed by atoms with van der Waals surface area (Å²) in [6.45, 7) is 1.64. The number of nitrogens with zero attached hydrogens (tertiary/aromatic N) is 1. The van der Waals surface area contributed by atoms with Gasteiger partial charge in [0, 0.05) is 23.7 Å². The molecule has 0 saturated heterocycles. The minimum Gasteiger partial charge on any atom is -0.619 e. The molecular formula is C16H16N2O4. The zero-order valence-corrected chi connectivity index (χ0v) is 12.0. The van der Waals surface area contributed by atoms with Gasteiger partial charge in [0.2, 0.25) is 0 Å². The first-order valence-electron chi connectivity index (χ1n) is 6.77. The number of carboxylic acid groups (broad SMARTS) is 1. The first-order chi connectivity index (χ1) is 10.5. The Kier molecular flexibility index (Phi) is 4.73. The average Bonchev–Trinajstić information content (AvgIpc) is 2.47. The molecule has 1 aromatic heterocycles. The SMILES string of the molecule is CC(CC(=O)O)NC(=O)c1ccc(-c2cc[n+]([O-])cc2)cc1. The fourth-order valence-electron chi connectivity index (χ4n) is 2.04. The van der Waals surface area contributed by atoms with Crippen molar-refractivity contribution in [1.29, 1.82) is 0 Å². The monoisotopic (exact) mass is 300 g/mol. The summed E-state index contributed by atoms with van der Waals surface area (Å²) in [7, 11) is 0. The number of amides is 1. The maximum Gasteiger partial charge on any atom is 0.305 e. The minimum absolute atomic E-state index is 0.122. The van der Waals surface area contributed by atoms with E-state index >= 15 is 0 Å². The largest absolute Gasteiger partial charge is 0.619 e. The highest BCUT2D eigenvalue weighted by atomic mass is 16.5. The van der Waals surface area contributed by atoms with Gasteiger partial charge in [-0.3, -0.25) is 9.59 Å². The van der Waals surface area contributed by atoms with Crippen LogP contribution in [0.25, 0.3) is 11.1 Å². The van der Waals surface area contributed by atoms with Crippen molar-refractivity contribution in [3.63, 3.8) is 0 Å². The smallest absolute Gasteiger partial charge is 0.305 e. The first-order valence-corrected chi connectivity index (χ1v) is 6.77. The lowest BCUT2D eigenvalue weighted by molar-refractivity contribution is -0.605. The van der Waals surface area contributed by atoms with Gasteiger partial charge in [0.1, 0.15) is 0 Å². The van der Waals surface area contributed by atoms with Gasteiger partial charge < -0.3 is 15.6 Å². The molecule has 0 bridgehead atoms. The van der Waals surface area contributed by atoms with Crippen molar-refractivity contribution in [2.75, 3.05) is 0 Å². The summed E-state index contributed by atoms with van der Waals surface area (Å²) in [5, 5.41) is 22.3. The van der Waals surface area contributed by atoms with Crippen LogP contribution >= 0.6 is 0 Å². The van der Waals surface area contributed by atoms with Gasteiger partial charge >= 0.3 is 5.97 Å². The van der Waals surface area contributed by atoms with Crippen LogP contribution in [-0.2, 0) is 4.79 Å². The number of aliphatic carboxylic acids is 1. The van der Waals surface area contributed by atoms with Gasteiger partial charge in [0.05, 0.1) is 6.42 Å². The van der Waals surface area contributed by atoms with Gasteiger partial charge in [-0.15, -0.1) is 0 Å². The number of rotatable bonds is 5. The number of benzene rings is 1. The fourth-order valence-corrected chi connectivity index (χ4v) is 2.04. The molecule has 114 valence electrons. The second-order valence-corrected chi connectivity index (χ2v) is 5.00. The third-order valence-electron chi connectivity index (χ3n) is 3.14. The molecule has 1 aromatic carbocycles. The Balaban J connectivity index is 2.06. The van der Waals surface area contributed by atoms with E-state index in [1.54, 1.807) is 43.3 Å². The Morgan fingerprint density at radius 1 is 1.14 bits per heavy atom. The fraction of sp³-hybridized carbons (Fsp3) is 0.188. The topological polar surface area (TPSA) is 93.3 Å². The molecule has 6 heteroatoms. The minimum atomic E-state index is -0.956. The number of hydrogen-bond acceptors (Lipinski definition) is 3. The molecule has 0 saturated carbocycles. The summed E-state index contributed by atoms with van der Waals surface area (Å²) in [6, 6.07) is 9.83. The lowest BCUT2D eigenvalue weighted by atomic mass is 10.0. The molecule has 0 radical (unpaired) electrons. The Morgan fingerprint density at radius 3 is 2.23 bits per heavy atom. The van der Waals surface area contributed by atoms with Crippen molar-refractivity contribution in [2.24, 2.45) is 0 Å². The predicted octanol–water partition coefficient (Wildman–Crippen LogP) is 1.58. The van der Waals surface area contributed by atoms with E-state index in [4.69, 9.17) is 5.11 Å². The van der Waals surface area contributed by atoms with Crippen molar-refractivity contribution in [3.8, 4) is 11.1 Å². The molecule has 0 aliphatic rings. The van der Waals surface area contributed by atoms with Crippen molar-refractivity contribution in [1.82, 2.24) is 5.32 Å². The molecule has 1 amide bonds. The number of pyridine rings is 1. The second-order valence-electron chi connectivity index (χ2n) is 5.00. The number of carbonyl (C=O) groups is 2. The van der Waals surface area contributed by atoms with Crippen LogP contribution < -0.4 is 10.0 Å². The van der Waals surface area contributed by atoms with Crippen molar-refractivity contribution < 1.29 is 19.4 Å². The molecule has 2 N–H and O–H groups in total. The van der Waals surface area contributed by atoms with Gasteiger partial charge in [-0.25, -0.2) is 0 Å². The highest BCUT2D eigenvalue weighted by molar-refractivity contribution is 5.95. The van der Waals surface area contributed by atoms with Crippen molar-refractivity contribution >= 4 is 11.9 Å². The van der Waals surface area contributed by atoms with Gasteiger partial charge in [-0.05, 0) is 30.2 Å². The first kappa shape index (κ1) is 15.5. The molecule has 1 atom stereocenters. The van der Waals surface area contributed by atoms with E-state index in [1.165, 1.54) is 12.4 Å². The third-order valence-corrected chi connectivity index (χ3v) is 3.14. The molecule has 22 heavy (non-hydrogen) atoms. The highest BCUT2D eigenvalue weighted by Gasteiger charge is 2.12. The van der Waals surface area contributed by atoms with Gasteiger partial charge in [0.25, 0.3) is 5.91 Å². The van der Waals surface area contributed by atoms with Crippen LogP contribution in [-0.4, -0.2) is 23.0 Å². The van der Waals surface area contributed by atoms with Crippen LogP contribution in [0.1, 0.15) is 23.7 Å². The zero-order chi connectivity index (χ0) is 16.1. The molecule has 2 rings (SSSR count). The van der Waals surface area contributed by atoms with E-state index in [9.17, 15) is 14.8 Å². The number of aromatic nitrogens is 1. The summed E-state index contributed by atoms with van der Waals surface area (Å²) in [4.78, 5) is 22.6. The maximum absolute atomic E-state index is 12.0. The molecule has 2 aromatic rings. The van der Waals surface area contributed by atoms with Gasteiger partial charge in [-0.2, -0.15) is 4.73 Å². The van der Waals surface area contributed by atoms with E-state index in [0.717, 1.165) is 11.1 Å². The summed E-state index contributed by atoms with van der Waals surface area (Å²) in [5.41, 5.74) is 2.21. The van der Waals surface area contributed by atoms with Gasteiger partial charge in [0.15, 0.2) is 12.4 Å². The van der Waals surface area contributed by atoms with Crippen LogP contribution in [0.2, 0.25) is 0 Å². The Hall–Kier alpha value is -2.89. The molecule has 0 fully saturated rings. The molecular weight excluding hydrogens is 284 g/mol. The van der Waals surface area contributed by atoms with Crippen molar-refractivity contribution in [2.45, 2.75) is 19.4 Å².